The number of hydrogen-bond acceptors (Lipinski definition) is 6. The number of rotatable bonds is 6. The fourth-order valence-corrected chi connectivity index (χ4v) is 4.16. The summed E-state index contributed by atoms with van der Waals surface area (Å²) in [6.45, 7) is 3.94. The van der Waals surface area contributed by atoms with Crippen LogP contribution in [0, 0.1) is 13.8 Å². The van der Waals surface area contributed by atoms with Crippen molar-refractivity contribution in [2.75, 3.05) is 5.32 Å². The SMILES string of the molecule is Cc1nc(C)c(-c2csc(NC(=O)[C@H](N)CCc3ccccc3)n2)s1. The molecule has 0 saturated heterocycles. The molecule has 3 aromatic rings. The van der Waals surface area contributed by atoms with Gasteiger partial charge >= 0.3 is 0 Å². The van der Waals surface area contributed by atoms with Gasteiger partial charge in [-0.05, 0) is 32.3 Å². The second-order valence-electron chi connectivity index (χ2n) is 5.81. The van der Waals surface area contributed by atoms with Gasteiger partial charge in [-0.3, -0.25) is 4.79 Å². The summed E-state index contributed by atoms with van der Waals surface area (Å²) in [5.41, 5.74) is 9.01. The highest BCUT2D eigenvalue weighted by atomic mass is 32.1. The smallest absolute Gasteiger partial charge is 0.243 e. The number of aromatic nitrogens is 2. The number of nitrogens with two attached hydrogens (primary N) is 1. The van der Waals surface area contributed by atoms with Gasteiger partial charge in [-0.1, -0.05) is 30.3 Å². The Morgan fingerprint density at radius 1 is 1.24 bits per heavy atom. The highest BCUT2D eigenvalue weighted by molar-refractivity contribution is 7.16. The van der Waals surface area contributed by atoms with Crippen LogP contribution in [0.25, 0.3) is 10.6 Å². The summed E-state index contributed by atoms with van der Waals surface area (Å²) in [5, 5.41) is 6.34. The highest BCUT2D eigenvalue weighted by Gasteiger charge is 2.17. The molecular formula is C18H20N4OS2. The molecule has 3 N–H and O–H groups in total. The predicted molar refractivity (Wildman–Crippen MR) is 104 cm³/mol. The lowest BCUT2D eigenvalue weighted by Gasteiger charge is -2.10. The standard InChI is InChI=1S/C18H20N4OS2/c1-11-16(25-12(2)20-11)15-10-24-18(21-15)22-17(23)14(19)9-8-13-6-4-3-5-7-13/h3-7,10,14H,8-9,19H2,1-2H3,(H,21,22,23)/t14-/m1/s1. The van der Waals surface area contributed by atoms with Crippen molar-refractivity contribution in [1.82, 2.24) is 9.97 Å². The number of nitrogens with one attached hydrogen (secondary N) is 1. The molecule has 2 aromatic heterocycles. The van der Waals surface area contributed by atoms with E-state index >= 15 is 0 Å². The number of benzene rings is 1. The van der Waals surface area contributed by atoms with E-state index in [0.29, 0.717) is 11.6 Å². The molecule has 2 heterocycles. The van der Waals surface area contributed by atoms with Gasteiger partial charge in [0.05, 0.1) is 27.3 Å². The Bertz CT molecular complexity index is 857. The summed E-state index contributed by atoms with van der Waals surface area (Å²) in [4.78, 5) is 22.2. The summed E-state index contributed by atoms with van der Waals surface area (Å²) < 4.78 is 0. The minimum Gasteiger partial charge on any atom is -0.320 e. The number of anilines is 1. The lowest BCUT2D eigenvalue weighted by atomic mass is 10.1. The summed E-state index contributed by atoms with van der Waals surface area (Å²) in [7, 11) is 0. The van der Waals surface area contributed by atoms with E-state index in [4.69, 9.17) is 5.73 Å². The first kappa shape index (κ1) is 17.7. The number of carbonyl (C=O) groups is 1. The first-order valence-electron chi connectivity index (χ1n) is 8.03. The predicted octanol–water partition coefficient (Wildman–Crippen LogP) is 3.78. The molecule has 0 spiro atoms. The highest BCUT2D eigenvalue weighted by Crippen LogP contribution is 2.32. The summed E-state index contributed by atoms with van der Waals surface area (Å²) >= 11 is 3.01. The van der Waals surface area contributed by atoms with Crippen molar-refractivity contribution in [2.24, 2.45) is 5.73 Å². The van der Waals surface area contributed by atoms with Gasteiger partial charge in [-0.2, -0.15) is 0 Å². The summed E-state index contributed by atoms with van der Waals surface area (Å²) in [6, 6.07) is 9.47. The van der Waals surface area contributed by atoms with E-state index in [1.165, 1.54) is 16.9 Å². The van der Waals surface area contributed by atoms with Gasteiger partial charge in [0, 0.05) is 5.38 Å². The summed E-state index contributed by atoms with van der Waals surface area (Å²) in [5.74, 6) is -0.200. The molecule has 5 nitrogen and oxygen atoms in total. The van der Waals surface area contributed by atoms with Crippen LogP contribution in [0.15, 0.2) is 35.7 Å². The third-order valence-corrected chi connectivity index (χ3v) is 5.65. The number of aryl methyl sites for hydroxylation is 3. The monoisotopic (exact) mass is 372 g/mol. The number of hydrogen-bond donors (Lipinski definition) is 2. The molecule has 0 aliphatic carbocycles. The number of nitrogens with zero attached hydrogens (tertiary/aromatic N) is 2. The number of carbonyl (C=O) groups excluding carboxylic acids is 1. The van der Waals surface area contributed by atoms with Gasteiger partial charge < -0.3 is 11.1 Å². The fraction of sp³-hybridized carbons (Fsp3) is 0.278. The lowest BCUT2D eigenvalue weighted by Crippen LogP contribution is -2.35. The Morgan fingerprint density at radius 2 is 2.00 bits per heavy atom. The van der Waals surface area contributed by atoms with Crippen LogP contribution in [0.2, 0.25) is 0 Å². The Hall–Kier alpha value is -2.09. The Balaban J connectivity index is 1.58. The van der Waals surface area contributed by atoms with Crippen molar-refractivity contribution >= 4 is 33.7 Å². The van der Waals surface area contributed by atoms with Gasteiger partial charge in [-0.25, -0.2) is 9.97 Å². The Morgan fingerprint density at radius 3 is 2.68 bits per heavy atom. The average Bonchev–Trinajstić information content (AvgIpc) is 3.19. The molecule has 0 aliphatic heterocycles. The number of thiazole rings is 2. The van der Waals surface area contributed by atoms with E-state index in [-0.39, 0.29) is 5.91 Å². The van der Waals surface area contributed by atoms with E-state index in [0.717, 1.165) is 27.7 Å². The van der Waals surface area contributed by atoms with Crippen LogP contribution in [0.3, 0.4) is 0 Å². The third-order valence-electron chi connectivity index (χ3n) is 3.79. The van der Waals surface area contributed by atoms with Crippen molar-refractivity contribution in [3.05, 3.63) is 52.0 Å². The van der Waals surface area contributed by atoms with Crippen LogP contribution in [-0.2, 0) is 11.2 Å². The largest absolute Gasteiger partial charge is 0.320 e. The minimum absolute atomic E-state index is 0.200. The topological polar surface area (TPSA) is 80.9 Å². The molecule has 0 radical (unpaired) electrons. The molecule has 130 valence electrons. The molecule has 0 unspecified atom stereocenters. The fourth-order valence-electron chi connectivity index (χ4n) is 2.50. The van der Waals surface area contributed by atoms with Crippen molar-refractivity contribution in [3.63, 3.8) is 0 Å². The first-order chi connectivity index (χ1) is 12.0. The zero-order valence-corrected chi connectivity index (χ0v) is 15.8. The molecule has 1 aromatic carbocycles. The van der Waals surface area contributed by atoms with Gasteiger partial charge in [0.15, 0.2) is 5.13 Å². The van der Waals surface area contributed by atoms with Crippen molar-refractivity contribution in [1.29, 1.82) is 0 Å². The molecule has 1 atom stereocenters. The van der Waals surface area contributed by atoms with E-state index in [1.54, 1.807) is 11.3 Å². The zero-order valence-electron chi connectivity index (χ0n) is 14.2. The molecular weight excluding hydrogens is 352 g/mol. The van der Waals surface area contributed by atoms with E-state index in [1.807, 2.05) is 49.6 Å². The summed E-state index contributed by atoms with van der Waals surface area (Å²) in [6.07, 6.45) is 1.37. The van der Waals surface area contributed by atoms with Crippen molar-refractivity contribution < 1.29 is 4.79 Å². The van der Waals surface area contributed by atoms with Crippen molar-refractivity contribution in [2.45, 2.75) is 32.7 Å². The van der Waals surface area contributed by atoms with Gasteiger partial charge in [0.25, 0.3) is 0 Å². The average molecular weight is 373 g/mol. The molecule has 7 heteroatoms. The van der Waals surface area contributed by atoms with Gasteiger partial charge in [0.2, 0.25) is 5.91 Å². The van der Waals surface area contributed by atoms with Gasteiger partial charge in [-0.15, -0.1) is 22.7 Å². The number of amides is 1. The maximum absolute atomic E-state index is 12.3. The first-order valence-corrected chi connectivity index (χ1v) is 9.73. The Kier molecular flexibility index (Phi) is 5.57. The van der Waals surface area contributed by atoms with Gasteiger partial charge in [0.1, 0.15) is 0 Å². The molecule has 0 saturated carbocycles. The molecule has 25 heavy (non-hydrogen) atoms. The van der Waals surface area contributed by atoms with Crippen LogP contribution < -0.4 is 11.1 Å². The molecule has 0 fully saturated rings. The van der Waals surface area contributed by atoms with Crippen LogP contribution in [-0.4, -0.2) is 21.9 Å². The molecule has 1 amide bonds. The second kappa shape index (κ2) is 7.86. The zero-order chi connectivity index (χ0) is 17.8. The third kappa shape index (κ3) is 4.50. The quantitative estimate of drug-likeness (QED) is 0.690. The maximum atomic E-state index is 12.3. The van der Waals surface area contributed by atoms with Crippen LogP contribution in [0.1, 0.15) is 22.7 Å². The van der Waals surface area contributed by atoms with E-state index in [9.17, 15) is 4.79 Å². The molecule has 3 rings (SSSR count). The maximum Gasteiger partial charge on any atom is 0.243 e. The van der Waals surface area contributed by atoms with Crippen LogP contribution in [0.5, 0.6) is 0 Å². The van der Waals surface area contributed by atoms with Crippen LogP contribution >= 0.6 is 22.7 Å². The van der Waals surface area contributed by atoms with E-state index < -0.39 is 6.04 Å². The van der Waals surface area contributed by atoms with Crippen molar-refractivity contribution in [3.8, 4) is 10.6 Å². The van der Waals surface area contributed by atoms with E-state index in [2.05, 4.69) is 15.3 Å². The van der Waals surface area contributed by atoms with Crippen LogP contribution in [0.4, 0.5) is 5.13 Å². The minimum atomic E-state index is -0.556. The Labute approximate surface area is 155 Å². The lowest BCUT2D eigenvalue weighted by molar-refractivity contribution is -0.117. The normalized spacial score (nSPS) is 12.1. The molecule has 0 aliphatic rings. The second-order valence-corrected chi connectivity index (χ2v) is 7.87. The molecule has 0 bridgehead atoms.